The Hall–Kier alpha value is -5.16. The summed E-state index contributed by atoms with van der Waals surface area (Å²) in [4.78, 5) is 25.7. The maximum Gasteiger partial charge on any atom is 0.213 e. The lowest BCUT2D eigenvalue weighted by Gasteiger charge is -2.06. The van der Waals surface area contributed by atoms with Gasteiger partial charge in [0.05, 0.1) is 38.2 Å². The maximum atomic E-state index is 12.8. The first-order chi connectivity index (χ1) is 27.5. The summed E-state index contributed by atoms with van der Waals surface area (Å²) in [6.07, 6.45) is 5.25. The first-order valence-corrected chi connectivity index (χ1v) is 21.4. The van der Waals surface area contributed by atoms with E-state index in [-0.39, 0.29) is 23.1 Å². The molecule has 0 aliphatic heterocycles. The molecule has 0 atom stereocenters. The molecule has 0 fully saturated rings. The van der Waals surface area contributed by atoms with Gasteiger partial charge in [-0.3, -0.25) is 9.59 Å². The minimum absolute atomic E-state index is 0.00429. The van der Waals surface area contributed by atoms with Crippen molar-refractivity contribution in [3.63, 3.8) is 0 Å². The normalized spacial score (nSPS) is 11.4. The van der Waals surface area contributed by atoms with Gasteiger partial charge >= 0.3 is 0 Å². The van der Waals surface area contributed by atoms with Crippen molar-refractivity contribution in [2.24, 2.45) is 10.2 Å². The zero-order valence-corrected chi connectivity index (χ0v) is 33.9. The number of nitrogens with zero attached hydrogens (tertiary/aromatic N) is 8. The van der Waals surface area contributed by atoms with E-state index >= 15 is 0 Å². The molecule has 0 saturated carbocycles. The number of benzene rings is 4. The molecule has 0 saturated heterocycles. The second-order valence-electron chi connectivity index (χ2n) is 11.7. The van der Waals surface area contributed by atoms with Crippen LogP contribution >= 0.6 is 47.0 Å². The highest BCUT2D eigenvalue weighted by Crippen LogP contribution is 2.28. The van der Waals surface area contributed by atoms with Gasteiger partial charge in [0.25, 0.3) is 0 Å². The minimum Gasteiger partial charge on any atom is -0.497 e. The summed E-state index contributed by atoms with van der Waals surface area (Å²) in [5.74, 6) is 3.49. The first-order valence-electron chi connectivity index (χ1n) is 17.5. The highest BCUT2D eigenvalue weighted by Gasteiger charge is 2.17. The van der Waals surface area contributed by atoms with Crippen molar-refractivity contribution in [3.05, 3.63) is 131 Å². The maximum absolute atomic E-state index is 12.8. The van der Waals surface area contributed by atoms with Crippen LogP contribution < -0.4 is 9.47 Å². The van der Waals surface area contributed by atoms with E-state index in [2.05, 4.69) is 20.4 Å². The van der Waals surface area contributed by atoms with Crippen LogP contribution in [0.4, 0.5) is 0 Å². The van der Waals surface area contributed by atoms with Gasteiger partial charge in [0, 0.05) is 22.6 Å². The summed E-state index contributed by atoms with van der Waals surface area (Å²) >= 11 is 5.72. The number of ether oxygens (including phenoxy) is 2. The molecule has 286 valence electrons. The molecule has 0 spiro atoms. The highest BCUT2D eigenvalue weighted by atomic mass is 32.2. The Morgan fingerprint density at radius 3 is 1.25 bits per heavy atom. The van der Waals surface area contributed by atoms with Crippen molar-refractivity contribution >= 4 is 71.0 Å². The Morgan fingerprint density at radius 2 is 0.893 bits per heavy atom. The second kappa shape index (κ2) is 21.2. The highest BCUT2D eigenvalue weighted by molar-refractivity contribution is 8.00. The van der Waals surface area contributed by atoms with Gasteiger partial charge < -0.3 is 9.47 Å². The smallest absolute Gasteiger partial charge is 0.213 e. The minimum atomic E-state index is 0.00429. The number of hydrogen-bond donors (Lipinski definition) is 0. The van der Waals surface area contributed by atoms with Crippen LogP contribution in [0.5, 0.6) is 11.5 Å². The molecule has 12 nitrogen and oxygen atoms in total. The van der Waals surface area contributed by atoms with Crippen LogP contribution in [0.1, 0.15) is 44.7 Å². The van der Waals surface area contributed by atoms with Gasteiger partial charge in [-0.1, -0.05) is 108 Å². The van der Waals surface area contributed by atoms with Crippen LogP contribution in [0.2, 0.25) is 0 Å². The van der Waals surface area contributed by atoms with Crippen LogP contribution in [0.15, 0.2) is 140 Å². The van der Waals surface area contributed by atoms with E-state index in [0.29, 0.717) is 31.8 Å². The summed E-state index contributed by atoms with van der Waals surface area (Å²) in [7, 11) is 3.26. The quantitative estimate of drug-likeness (QED) is 0.0299. The fraction of sp³-hybridized carbons (Fsp3) is 0.200. The van der Waals surface area contributed by atoms with Crippen molar-refractivity contribution < 1.29 is 19.1 Å². The van der Waals surface area contributed by atoms with Crippen molar-refractivity contribution in [1.82, 2.24) is 29.7 Å². The Labute approximate surface area is 342 Å². The van der Waals surface area contributed by atoms with Gasteiger partial charge in [0.2, 0.25) is 20.6 Å². The molecule has 0 amide bonds. The number of carbonyl (C=O) groups excluding carboxylic acids is 2. The van der Waals surface area contributed by atoms with Crippen molar-refractivity contribution in [2.45, 2.75) is 33.5 Å². The molecule has 0 N–H and O–H groups in total. The van der Waals surface area contributed by atoms with Gasteiger partial charge in [-0.25, -0.2) is 0 Å². The summed E-state index contributed by atoms with van der Waals surface area (Å²) in [6, 6.07) is 33.6. The Kier molecular flexibility index (Phi) is 15.4. The molecular formula is C40H38N8O4S4. The Balaban J connectivity index is 1.07. The lowest BCUT2D eigenvalue weighted by atomic mass is 10.2. The average molecular weight is 823 g/mol. The number of ketones is 2. The van der Waals surface area contributed by atoms with Crippen LogP contribution in [-0.4, -0.2) is 91.0 Å². The molecule has 0 aliphatic rings. The summed E-state index contributed by atoms with van der Waals surface area (Å²) in [5.41, 5.74) is 3.06. The molecule has 4 aromatic carbocycles. The van der Waals surface area contributed by atoms with Gasteiger partial charge in [0.15, 0.2) is 11.6 Å². The number of carbonyl (C=O) groups is 2. The Bertz CT molecular complexity index is 2070. The van der Waals surface area contributed by atoms with Crippen LogP contribution in [-0.2, 0) is 0 Å². The third kappa shape index (κ3) is 11.7. The number of thioether (sulfide) groups is 4. The van der Waals surface area contributed by atoms with Crippen molar-refractivity contribution in [3.8, 4) is 11.5 Å². The summed E-state index contributed by atoms with van der Waals surface area (Å²) < 4.78 is 13.9. The first kappa shape index (κ1) is 40.5. The second-order valence-corrected chi connectivity index (χ2v) is 15.8. The van der Waals surface area contributed by atoms with Gasteiger partial charge in [-0.05, 0) is 72.5 Å². The average Bonchev–Trinajstić information content (AvgIpc) is 3.84. The van der Waals surface area contributed by atoms with Crippen molar-refractivity contribution in [2.75, 3.05) is 37.2 Å². The van der Waals surface area contributed by atoms with E-state index in [1.165, 1.54) is 23.5 Å². The molecule has 0 unspecified atom stereocenters. The standard InChI is InChI=1S/C40H38N8O4S4/c1-51-33-19-15-29(16-20-33)25-41-47-37(43-45-39(47)55-27-35(49)31-11-5-3-6-12-31)53-23-9-10-24-54-38-44-46-40(56-28-36(50)32-13-7-4-8-14-32)48(38)42-26-30-17-21-34(52-2)22-18-30/h3-8,11-22,25-26H,9-10,23-24,27-28H2,1-2H3/b41-25+,42-26+. The molecule has 0 aliphatic carbocycles. The Morgan fingerprint density at radius 1 is 0.536 bits per heavy atom. The molecule has 0 radical (unpaired) electrons. The van der Waals surface area contributed by atoms with E-state index < -0.39 is 0 Å². The largest absolute Gasteiger partial charge is 0.497 e. The lowest BCUT2D eigenvalue weighted by Crippen LogP contribution is -2.04. The zero-order chi connectivity index (χ0) is 39.0. The summed E-state index contributed by atoms with van der Waals surface area (Å²) in [5, 5.41) is 29.4. The number of Topliss-reactive ketones (excluding diaryl/α,β-unsaturated/α-hetero) is 2. The third-order valence-corrected chi connectivity index (χ3v) is 11.8. The molecule has 0 bridgehead atoms. The van der Waals surface area contributed by atoms with Gasteiger partial charge in [0.1, 0.15) is 11.5 Å². The lowest BCUT2D eigenvalue weighted by molar-refractivity contribution is 0.101. The monoisotopic (exact) mass is 822 g/mol. The van der Waals surface area contributed by atoms with E-state index in [9.17, 15) is 9.59 Å². The molecule has 56 heavy (non-hydrogen) atoms. The van der Waals surface area contributed by atoms with E-state index in [0.717, 1.165) is 47.0 Å². The van der Waals surface area contributed by atoms with E-state index in [1.807, 2.05) is 109 Å². The molecule has 2 aromatic heterocycles. The number of rotatable bonds is 21. The van der Waals surface area contributed by atoms with Crippen molar-refractivity contribution in [1.29, 1.82) is 0 Å². The van der Waals surface area contributed by atoms with Gasteiger partial charge in [-0.15, -0.1) is 20.4 Å². The fourth-order valence-corrected chi connectivity index (χ4v) is 8.35. The molecule has 6 aromatic rings. The third-order valence-electron chi connectivity index (χ3n) is 7.90. The van der Waals surface area contributed by atoms with Gasteiger partial charge in [-0.2, -0.15) is 19.6 Å². The number of methoxy groups -OCH3 is 2. The van der Waals surface area contributed by atoms with E-state index in [1.54, 1.807) is 59.5 Å². The fourth-order valence-electron chi connectivity index (χ4n) is 4.90. The zero-order valence-electron chi connectivity index (χ0n) is 30.6. The molecular weight excluding hydrogens is 785 g/mol. The number of hydrogen-bond acceptors (Lipinski definition) is 14. The SMILES string of the molecule is COc1ccc(/C=N/n2c(SCCCCSc3nnc(SCC(=O)c4ccccc4)n3/N=C/c3ccc(OC)cc3)nnc2SCC(=O)c2ccccc2)cc1. The van der Waals surface area contributed by atoms with Crippen LogP contribution in [0.3, 0.4) is 0 Å². The number of unbranched alkanes of at least 4 members (excludes halogenated alkanes) is 1. The molecule has 2 heterocycles. The summed E-state index contributed by atoms with van der Waals surface area (Å²) in [6.45, 7) is 0. The van der Waals surface area contributed by atoms with Crippen LogP contribution in [0.25, 0.3) is 0 Å². The molecule has 6 rings (SSSR count). The van der Waals surface area contributed by atoms with Crippen LogP contribution in [0, 0.1) is 0 Å². The number of aromatic nitrogens is 6. The molecule has 16 heteroatoms. The predicted molar refractivity (Wildman–Crippen MR) is 226 cm³/mol. The topological polar surface area (TPSA) is 139 Å². The predicted octanol–water partition coefficient (Wildman–Crippen LogP) is 8.27. The van der Waals surface area contributed by atoms with E-state index in [4.69, 9.17) is 19.7 Å².